The summed E-state index contributed by atoms with van der Waals surface area (Å²) in [6, 6.07) is 15.5. The van der Waals surface area contributed by atoms with Crippen LogP contribution >= 0.6 is 0 Å². The van der Waals surface area contributed by atoms with Crippen LogP contribution in [0.15, 0.2) is 54.6 Å². The van der Waals surface area contributed by atoms with Gasteiger partial charge in [-0.05, 0) is 62.8 Å². The Bertz CT molecular complexity index is 793. The molecule has 0 aliphatic carbocycles. The van der Waals surface area contributed by atoms with Gasteiger partial charge in [0.25, 0.3) is 0 Å². The van der Waals surface area contributed by atoms with Crippen molar-refractivity contribution in [1.82, 2.24) is 4.90 Å². The maximum Gasteiger partial charge on any atom is 0.410 e. The number of hydrogen-bond donors (Lipinski definition) is 1. The molecule has 1 saturated heterocycles. The Morgan fingerprint density at radius 2 is 1.54 bits per heavy atom. The molecule has 2 aromatic carbocycles. The van der Waals surface area contributed by atoms with Crippen molar-refractivity contribution in [3.05, 3.63) is 71.5 Å². The molecule has 0 radical (unpaired) electrons. The molecule has 0 bridgehead atoms. The highest BCUT2D eigenvalue weighted by atomic mass is 19.1. The lowest BCUT2D eigenvalue weighted by Gasteiger charge is -2.42. The normalized spacial score (nSPS) is 17.8. The van der Waals surface area contributed by atoms with Gasteiger partial charge < -0.3 is 14.7 Å². The summed E-state index contributed by atoms with van der Waals surface area (Å²) in [5.74, 6) is -0.432. The van der Waals surface area contributed by atoms with Crippen molar-refractivity contribution in [2.24, 2.45) is 5.92 Å². The summed E-state index contributed by atoms with van der Waals surface area (Å²) in [4.78, 5) is 14.0. The van der Waals surface area contributed by atoms with E-state index >= 15 is 0 Å². The highest BCUT2D eigenvalue weighted by Crippen LogP contribution is 2.42. The molecule has 28 heavy (non-hydrogen) atoms. The number of amides is 1. The summed E-state index contributed by atoms with van der Waals surface area (Å²) in [5, 5.41) is 11.8. The van der Waals surface area contributed by atoms with Gasteiger partial charge in [0.05, 0.1) is 0 Å². The molecule has 1 N–H and O–H groups in total. The molecule has 5 heteroatoms. The molecule has 1 amide bonds. The van der Waals surface area contributed by atoms with Gasteiger partial charge in [0.15, 0.2) is 0 Å². The molecule has 2 aromatic rings. The van der Waals surface area contributed by atoms with Gasteiger partial charge in [-0.25, -0.2) is 9.18 Å². The molecular formula is C23H28FNO3. The Labute approximate surface area is 165 Å². The molecule has 0 aromatic heterocycles. The molecule has 1 aliphatic heterocycles. The van der Waals surface area contributed by atoms with Gasteiger partial charge in [-0.3, -0.25) is 0 Å². The number of halogens is 1. The van der Waals surface area contributed by atoms with Crippen molar-refractivity contribution < 1.29 is 19.0 Å². The van der Waals surface area contributed by atoms with Crippen LogP contribution in [-0.4, -0.2) is 34.8 Å². The van der Waals surface area contributed by atoms with Crippen LogP contribution < -0.4 is 0 Å². The maximum absolute atomic E-state index is 13.5. The van der Waals surface area contributed by atoms with E-state index in [0.717, 1.165) is 5.56 Å². The van der Waals surface area contributed by atoms with Crippen LogP contribution in [0.1, 0.15) is 44.7 Å². The molecule has 1 unspecified atom stereocenters. The number of aliphatic hydroxyl groups is 1. The third-order valence-corrected chi connectivity index (χ3v) is 5.24. The smallest absolute Gasteiger partial charge is 0.410 e. The molecule has 1 atom stereocenters. The summed E-state index contributed by atoms with van der Waals surface area (Å²) in [7, 11) is 0. The first kappa shape index (κ1) is 20.3. The summed E-state index contributed by atoms with van der Waals surface area (Å²) < 4.78 is 18.9. The second-order valence-electron chi connectivity index (χ2n) is 8.38. The first-order chi connectivity index (χ1) is 13.2. The predicted octanol–water partition coefficient (Wildman–Crippen LogP) is 4.71. The molecule has 1 aliphatic rings. The molecule has 1 heterocycles. The lowest BCUT2D eigenvalue weighted by atomic mass is 9.72. The Morgan fingerprint density at radius 1 is 1.00 bits per heavy atom. The van der Waals surface area contributed by atoms with Crippen molar-refractivity contribution in [3.63, 3.8) is 0 Å². The first-order valence-electron chi connectivity index (χ1n) is 9.72. The lowest BCUT2D eigenvalue weighted by molar-refractivity contribution is -0.0238. The molecule has 0 spiro atoms. The number of carbonyl (C=O) groups excluding carboxylic acids is 1. The minimum atomic E-state index is -1.24. The van der Waals surface area contributed by atoms with E-state index in [1.165, 1.54) is 12.1 Å². The highest BCUT2D eigenvalue weighted by Gasteiger charge is 2.42. The van der Waals surface area contributed by atoms with Gasteiger partial charge >= 0.3 is 6.09 Å². The second-order valence-corrected chi connectivity index (χ2v) is 8.38. The van der Waals surface area contributed by atoms with E-state index in [-0.39, 0.29) is 17.8 Å². The zero-order valence-electron chi connectivity index (χ0n) is 16.7. The van der Waals surface area contributed by atoms with Crippen LogP contribution in [0, 0.1) is 11.7 Å². The van der Waals surface area contributed by atoms with Gasteiger partial charge in [-0.15, -0.1) is 0 Å². The quantitative estimate of drug-likeness (QED) is 0.833. The van der Waals surface area contributed by atoms with E-state index in [2.05, 4.69) is 0 Å². The van der Waals surface area contributed by atoms with Crippen LogP contribution in [-0.2, 0) is 10.3 Å². The summed E-state index contributed by atoms with van der Waals surface area (Å²) in [6.07, 6.45) is 0.931. The fourth-order valence-corrected chi connectivity index (χ4v) is 3.84. The Kier molecular flexibility index (Phi) is 5.75. The number of rotatable bonds is 3. The molecule has 3 rings (SSSR count). The van der Waals surface area contributed by atoms with Crippen molar-refractivity contribution >= 4 is 6.09 Å². The lowest BCUT2D eigenvalue weighted by Crippen LogP contribution is -2.47. The Balaban J connectivity index is 1.83. The number of likely N-dealkylation sites (tertiary alicyclic amines) is 1. The van der Waals surface area contributed by atoms with E-state index in [4.69, 9.17) is 4.74 Å². The third kappa shape index (κ3) is 4.36. The summed E-state index contributed by atoms with van der Waals surface area (Å²) in [6.45, 7) is 6.56. The minimum Gasteiger partial charge on any atom is -0.444 e. The molecule has 0 saturated carbocycles. The van der Waals surface area contributed by atoms with E-state index in [1.807, 2.05) is 51.1 Å². The Morgan fingerprint density at radius 3 is 2.07 bits per heavy atom. The van der Waals surface area contributed by atoms with Gasteiger partial charge in [-0.2, -0.15) is 0 Å². The number of nitrogens with zero attached hydrogens (tertiary/aromatic N) is 1. The highest BCUT2D eigenvalue weighted by molar-refractivity contribution is 5.68. The predicted molar refractivity (Wildman–Crippen MR) is 106 cm³/mol. The number of carbonyl (C=O) groups is 1. The van der Waals surface area contributed by atoms with Gasteiger partial charge in [0.1, 0.15) is 17.0 Å². The van der Waals surface area contributed by atoms with E-state index in [1.54, 1.807) is 17.0 Å². The molecule has 4 nitrogen and oxygen atoms in total. The average molecular weight is 385 g/mol. The number of ether oxygens (including phenoxy) is 1. The van der Waals surface area contributed by atoms with Gasteiger partial charge in [0.2, 0.25) is 0 Å². The maximum atomic E-state index is 13.5. The zero-order chi connectivity index (χ0) is 20.4. The first-order valence-corrected chi connectivity index (χ1v) is 9.72. The monoisotopic (exact) mass is 385 g/mol. The summed E-state index contributed by atoms with van der Waals surface area (Å²) in [5.41, 5.74) is -0.338. The zero-order valence-corrected chi connectivity index (χ0v) is 16.7. The average Bonchev–Trinajstić information content (AvgIpc) is 2.67. The van der Waals surface area contributed by atoms with Crippen LogP contribution in [0.2, 0.25) is 0 Å². The van der Waals surface area contributed by atoms with Crippen molar-refractivity contribution in [1.29, 1.82) is 0 Å². The standard InChI is InChI=1S/C23H28FNO3/c1-22(2,3)28-21(26)25-15-13-19(14-16-25)23(27,17-7-5-4-6-8-17)18-9-11-20(24)12-10-18/h4-12,19,27H,13-16H2,1-3H3. The number of piperidine rings is 1. The van der Waals surface area contributed by atoms with Crippen LogP contribution in [0.25, 0.3) is 0 Å². The topological polar surface area (TPSA) is 49.8 Å². The van der Waals surface area contributed by atoms with E-state index in [9.17, 15) is 14.3 Å². The van der Waals surface area contributed by atoms with Crippen molar-refractivity contribution in [2.45, 2.75) is 44.8 Å². The molecule has 1 fully saturated rings. The third-order valence-electron chi connectivity index (χ3n) is 5.24. The van der Waals surface area contributed by atoms with Crippen LogP contribution in [0.4, 0.5) is 9.18 Å². The summed E-state index contributed by atoms with van der Waals surface area (Å²) >= 11 is 0. The van der Waals surface area contributed by atoms with Gasteiger partial charge in [0, 0.05) is 13.1 Å². The largest absolute Gasteiger partial charge is 0.444 e. The van der Waals surface area contributed by atoms with E-state index < -0.39 is 11.2 Å². The molecular weight excluding hydrogens is 357 g/mol. The van der Waals surface area contributed by atoms with Crippen LogP contribution in [0.3, 0.4) is 0 Å². The van der Waals surface area contributed by atoms with Crippen molar-refractivity contribution in [2.75, 3.05) is 13.1 Å². The van der Waals surface area contributed by atoms with E-state index in [0.29, 0.717) is 31.5 Å². The van der Waals surface area contributed by atoms with Crippen LogP contribution in [0.5, 0.6) is 0 Å². The molecule has 150 valence electrons. The minimum absolute atomic E-state index is 0.0981. The SMILES string of the molecule is CC(C)(C)OC(=O)N1CCC(C(O)(c2ccccc2)c2ccc(F)cc2)CC1. The number of benzene rings is 2. The fourth-order valence-electron chi connectivity index (χ4n) is 3.84. The fraction of sp³-hybridized carbons (Fsp3) is 0.435. The number of hydrogen-bond acceptors (Lipinski definition) is 3. The Hall–Kier alpha value is -2.40. The second kappa shape index (κ2) is 7.92. The van der Waals surface area contributed by atoms with Crippen molar-refractivity contribution in [3.8, 4) is 0 Å². The van der Waals surface area contributed by atoms with Gasteiger partial charge in [-0.1, -0.05) is 42.5 Å².